The lowest BCUT2D eigenvalue weighted by Crippen LogP contribution is -2.28. The molecule has 0 saturated carbocycles. The SMILES string of the molecule is CC(CO)C1CN(C(=O)O)CC1C(=O)O. The Balaban J connectivity index is 2.76. The summed E-state index contributed by atoms with van der Waals surface area (Å²) >= 11 is 0. The van der Waals surface area contributed by atoms with E-state index in [1.54, 1.807) is 6.92 Å². The number of hydrogen-bond acceptors (Lipinski definition) is 3. The predicted molar refractivity (Wildman–Crippen MR) is 50.5 cm³/mol. The van der Waals surface area contributed by atoms with Crippen molar-refractivity contribution in [2.75, 3.05) is 19.7 Å². The second-order valence-corrected chi connectivity index (χ2v) is 3.96. The molecule has 6 heteroatoms. The fourth-order valence-electron chi connectivity index (χ4n) is 1.96. The minimum atomic E-state index is -1.10. The normalized spacial score (nSPS) is 27.7. The zero-order valence-corrected chi connectivity index (χ0v) is 8.46. The molecule has 1 rings (SSSR count). The van der Waals surface area contributed by atoms with Crippen molar-refractivity contribution in [3.8, 4) is 0 Å². The van der Waals surface area contributed by atoms with Crippen LogP contribution in [0.5, 0.6) is 0 Å². The van der Waals surface area contributed by atoms with E-state index in [0.717, 1.165) is 4.90 Å². The lowest BCUT2D eigenvalue weighted by atomic mass is 9.85. The Kier molecular flexibility index (Phi) is 3.52. The third-order valence-electron chi connectivity index (χ3n) is 2.97. The zero-order valence-electron chi connectivity index (χ0n) is 8.46. The number of aliphatic hydroxyl groups is 1. The van der Waals surface area contributed by atoms with Crippen LogP contribution in [0.4, 0.5) is 4.79 Å². The van der Waals surface area contributed by atoms with Gasteiger partial charge in [0, 0.05) is 19.7 Å². The van der Waals surface area contributed by atoms with E-state index in [-0.39, 0.29) is 31.5 Å². The van der Waals surface area contributed by atoms with Gasteiger partial charge in [-0.3, -0.25) is 4.79 Å². The van der Waals surface area contributed by atoms with Crippen LogP contribution in [0, 0.1) is 17.8 Å². The summed E-state index contributed by atoms with van der Waals surface area (Å²) < 4.78 is 0. The van der Waals surface area contributed by atoms with E-state index < -0.39 is 18.0 Å². The minimum absolute atomic E-state index is 0.0136. The number of amides is 1. The number of carboxylic acids is 1. The number of carbonyl (C=O) groups is 2. The van der Waals surface area contributed by atoms with Crippen LogP contribution in [0.1, 0.15) is 6.92 Å². The number of aliphatic hydroxyl groups excluding tert-OH is 1. The molecule has 0 aromatic carbocycles. The number of aliphatic carboxylic acids is 1. The van der Waals surface area contributed by atoms with Gasteiger partial charge in [-0.25, -0.2) is 4.79 Å². The molecule has 0 radical (unpaired) electrons. The molecule has 3 unspecified atom stereocenters. The Hall–Kier alpha value is -1.30. The highest BCUT2D eigenvalue weighted by Crippen LogP contribution is 2.29. The number of likely N-dealkylation sites (tertiary alicyclic amines) is 1. The van der Waals surface area contributed by atoms with Gasteiger partial charge in [0.2, 0.25) is 0 Å². The van der Waals surface area contributed by atoms with Crippen LogP contribution >= 0.6 is 0 Å². The van der Waals surface area contributed by atoms with E-state index in [1.807, 2.05) is 0 Å². The van der Waals surface area contributed by atoms with Gasteiger partial charge in [-0.1, -0.05) is 6.92 Å². The highest BCUT2D eigenvalue weighted by Gasteiger charge is 2.41. The molecular weight excluding hydrogens is 202 g/mol. The molecule has 0 aliphatic carbocycles. The first-order chi connectivity index (χ1) is 6.97. The summed E-state index contributed by atoms with van der Waals surface area (Å²) in [7, 11) is 0. The molecule has 0 aromatic rings. The summed E-state index contributed by atoms with van der Waals surface area (Å²) in [6.45, 7) is 1.81. The van der Waals surface area contributed by atoms with Crippen molar-refractivity contribution in [1.29, 1.82) is 0 Å². The van der Waals surface area contributed by atoms with Crippen LogP contribution in [-0.2, 0) is 4.79 Å². The van der Waals surface area contributed by atoms with Crippen molar-refractivity contribution in [2.45, 2.75) is 6.92 Å². The van der Waals surface area contributed by atoms with E-state index >= 15 is 0 Å². The van der Waals surface area contributed by atoms with Gasteiger partial charge in [-0.2, -0.15) is 0 Å². The predicted octanol–water partition coefficient (Wildman–Crippen LogP) is -0.0746. The standard InChI is InChI=1S/C9H15NO5/c1-5(4-11)6-2-10(9(14)15)3-7(6)8(12)13/h5-7,11H,2-4H2,1H3,(H,12,13)(H,14,15). The van der Waals surface area contributed by atoms with Crippen LogP contribution in [0.2, 0.25) is 0 Å². The highest BCUT2D eigenvalue weighted by atomic mass is 16.4. The van der Waals surface area contributed by atoms with Crippen LogP contribution < -0.4 is 0 Å². The fourth-order valence-corrected chi connectivity index (χ4v) is 1.96. The van der Waals surface area contributed by atoms with E-state index in [1.165, 1.54) is 0 Å². The van der Waals surface area contributed by atoms with E-state index in [2.05, 4.69) is 0 Å². The molecular formula is C9H15NO5. The molecule has 3 atom stereocenters. The number of hydrogen-bond donors (Lipinski definition) is 3. The topological polar surface area (TPSA) is 98.1 Å². The van der Waals surface area contributed by atoms with Crippen molar-refractivity contribution >= 4 is 12.1 Å². The Morgan fingerprint density at radius 2 is 2.00 bits per heavy atom. The summed E-state index contributed by atoms with van der Waals surface area (Å²) in [4.78, 5) is 22.7. The summed E-state index contributed by atoms with van der Waals surface area (Å²) in [5, 5.41) is 26.6. The molecule has 1 fully saturated rings. The van der Waals surface area contributed by atoms with Gasteiger partial charge >= 0.3 is 12.1 Å². The Morgan fingerprint density at radius 3 is 2.40 bits per heavy atom. The number of rotatable bonds is 3. The van der Waals surface area contributed by atoms with Crippen LogP contribution in [-0.4, -0.2) is 52.0 Å². The van der Waals surface area contributed by atoms with Gasteiger partial charge in [0.25, 0.3) is 0 Å². The summed E-state index contributed by atoms with van der Waals surface area (Å²) in [6, 6.07) is 0. The average molecular weight is 217 g/mol. The Labute approximate surface area is 87.1 Å². The van der Waals surface area contributed by atoms with Gasteiger partial charge in [-0.05, 0) is 11.8 Å². The molecule has 3 N–H and O–H groups in total. The lowest BCUT2D eigenvalue weighted by Gasteiger charge is -2.19. The molecule has 15 heavy (non-hydrogen) atoms. The molecule has 1 heterocycles. The van der Waals surface area contributed by atoms with Crippen molar-refractivity contribution in [3.63, 3.8) is 0 Å². The molecule has 1 aliphatic heterocycles. The molecule has 86 valence electrons. The van der Waals surface area contributed by atoms with Crippen molar-refractivity contribution < 1.29 is 24.9 Å². The first kappa shape index (κ1) is 11.8. The maximum atomic E-state index is 10.9. The molecule has 6 nitrogen and oxygen atoms in total. The molecule has 1 saturated heterocycles. The maximum Gasteiger partial charge on any atom is 0.407 e. The largest absolute Gasteiger partial charge is 0.481 e. The van der Waals surface area contributed by atoms with Crippen LogP contribution in [0.3, 0.4) is 0 Å². The number of carboxylic acid groups (broad SMARTS) is 2. The quantitative estimate of drug-likeness (QED) is 0.614. The smallest absolute Gasteiger partial charge is 0.407 e. The first-order valence-corrected chi connectivity index (χ1v) is 4.79. The van der Waals surface area contributed by atoms with E-state index in [9.17, 15) is 9.59 Å². The zero-order chi connectivity index (χ0) is 11.6. The average Bonchev–Trinajstić information content (AvgIpc) is 2.61. The minimum Gasteiger partial charge on any atom is -0.481 e. The highest BCUT2D eigenvalue weighted by molar-refractivity contribution is 5.73. The monoisotopic (exact) mass is 217 g/mol. The van der Waals surface area contributed by atoms with E-state index in [0.29, 0.717) is 0 Å². The van der Waals surface area contributed by atoms with Gasteiger partial charge in [0.1, 0.15) is 0 Å². The Morgan fingerprint density at radius 1 is 1.40 bits per heavy atom. The third-order valence-corrected chi connectivity index (χ3v) is 2.97. The van der Waals surface area contributed by atoms with Crippen LogP contribution in [0.15, 0.2) is 0 Å². The van der Waals surface area contributed by atoms with Gasteiger partial charge in [0.15, 0.2) is 0 Å². The van der Waals surface area contributed by atoms with Crippen LogP contribution in [0.25, 0.3) is 0 Å². The van der Waals surface area contributed by atoms with Gasteiger partial charge in [0.05, 0.1) is 5.92 Å². The van der Waals surface area contributed by atoms with Crippen molar-refractivity contribution in [2.24, 2.45) is 17.8 Å². The molecule has 1 aliphatic rings. The number of nitrogens with zero attached hydrogens (tertiary/aromatic N) is 1. The summed E-state index contributed by atoms with van der Waals surface area (Å²) in [6.07, 6.45) is -1.10. The first-order valence-electron chi connectivity index (χ1n) is 4.79. The summed E-state index contributed by atoms with van der Waals surface area (Å²) in [5.74, 6) is -2.20. The molecule has 0 bridgehead atoms. The second kappa shape index (κ2) is 4.48. The van der Waals surface area contributed by atoms with Gasteiger partial charge < -0.3 is 20.2 Å². The second-order valence-electron chi connectivity index (χ2n) is 3.96. The third kappa shape index (κ3) is 2.38. The lowest BCUT2D eigenvalue weighted by molar-refractivity contribution is -0.143. The molecule has 1 amide bonds. The van der Waals surface area contributed by atoms with Gasteiger partial charge in [-0.15, -0.1) is 0 Å². The van der Waals surface area contributed by atoms with E-state index in [4.69, 9.17) is 15.3 Å². The summed E-state index contributed by atoms with van der Waals surface area (Å²) in [5.41, 5.74) is 0. The fraction of sp³-hybridized carbons (Fsp3) is 0.778. The maximum absolute atomic E-state index is 10.9. The van der Waals surface area contributed by atoms with Crippen molar-refractivity contribution in [3.05, 3.63) is 0 Å². The molecule has 0 aromatic heterocycles. The Bertz CT molecular complexity index is 267. The molecule has 0 spiro atoms. The van der Waals surface area contributed by atoms with Crippen molar-refractivity contribution in [1.82, 2.24) is 4.90 Å².